The minimum Gasteiger partial charge on any atom is -0.482 e. The Kier molecular flexibility index (Phi) is 7.60. The van der Waals surface area contributed by atoms with Crippen molar-refractivity contribution in [1.82, 2.24) is 4.31 Å². The van der Waals surface area contributed by atoms with Gasteiger partial charge in [0.2, 0.25) is 15.9 Å². The first-order chi connectivity index (χ1) is 17.2. The van der Waals surface area contributed by atoms with E-state index in [1.807, 2.05) is 0 Å². The molecule has 192 valence electrons. The standard InChI is InChI=1S/C25H29N3O7S/c1-3-34-25(31)18-4-6-19(7-5-18)26-23(29)15-28-21-14-20(8-9-22(21)35-16-24(28)30)36(32,33)27-12-10-17(2)11-13-27/h4-9,14,17H,3,10-13,15-16H2,1-2H3,(H,26,29). The van der Waals surface area contributed by atoms with E-state index in [2.05, 4.69) is 12.2 Å². The highest BCUT2D eigenvalue weighted by Crippen LogP contribution is 2.35. The minimum absolute atomic E-state index is 0.0501. The fourth-order valence-corrected chi connectivity index (χ4v) is 5.63. The summed E-state index contributed by atoms with van der Waals surface area (Å²) >= 11 is 0. The molecule has 36 heavy (non-hydrogen) atoms. The van der Waals surface area contributed by atoms with Gasteiger partial charge in [-0.05, 0) is 68.1 Å². The van der Waals surface area contributed by atoms with Gasteiger partial charge in [-0.1, -0.05) is 6.92 Å². The van der Waals surface area contributed by atoms with Gasteiger partial charge in [-0.25, -0.2) is 13.2 Å². The summed E-state index contributed by atoms with van der Waals surface area (Å²) in [5, 5.41) is 2.69. The third-order valence-corrected chi connectivity index (χ3v) is 8.13. The number of sulfonamides is 1. The lowest BCUT2D eigenvalue weighted by atomic mass is 10.0. The van der Waals surface area contributed by atoms with E-state index in [0.29, 0.717) is 36.0 Å². The number of carbonyl (C=O) groups is 3. The summed E-state index contributed by atoms with van der Waals surface area (Å²) in [5.41, 5.74) is 1.01. The van der Waals surface area contributed by atoms with E-state index < -0.39 is 27.8 Å². The molecule has 10 nitrogen and oxygen atoms in total. The number of piperidine rings is 1. The van der Waals surface area contributed by atoms with E-state index in [0.717, 1.165) is 12.8 Å². The van der Waals surface area contributed by atoms with Crippen molar-refractivity contribution in [2.24, 2.45) is 5.92 Å². The van der Waals surface area contributed by atoms with Gasteiger partial charge in [0.05, 0.1) is 22.8 Å². The third kappa shape index (κ3) is 5.52. The number of rotatable bonds is 7. The Bertz CT molecular complexity index is 1250. The van der Waals surface area contributed by atoms with Crippen LogP contribution in [0.4, 0.5) is 11.4 Å². The largest absolute Gasteiger partial charge is 0.482 e. The number of hydrogen-bond donors (Lipinski definition) is 1. The van der Waals surface area contributed by atoms with Crippen LogP contribution in [0.5, 0.6) is 5.75 Å². The summed E-state index contributed by atoms with van der Waals surface area (Å²) in [5.74, 6) is -0.612. The van der Waals surface area contributed by atoms with Crippen molar-refractivity contribution in [1.29, 1.82) is 0 Å². The molecule has 0 spiro atoms. The van der Waals surface area contributed by atoms with Crippen molar-refractivity contribution in [2.45, 2.75) is 31.6 Å². The van der Waals surface area contributed by atoms with Gasteiger partial charge in [0.15, 0.2) is 6.61 Å². The van der Waals surface area contributed by atoms with Gasteiger partial charge in [0.1, 0.15) is 12.3 Å². The van der Waals surface area contributed by atoms with Crippen molar-refractivity contribution in [2.75, 3.05) is 43.1 Å². The lowest BCUT2D eigenvalue weighted by Gasteiger charge is -2.31. The highest BCUT2D eigenvalue weighted by molar-refractivity contribution is 7.89. The molecule has 1 saturated heterocycles. The molecule has 2 aromatic carbocycles. The van der Waals surface area contributed by atoms with Gasteiger partial charge in [0, 0.05) is 18.8 Å². The monoisotopic (exact) mass is 515 g/mol. The summed E-state index contributed by atoms with van der Waals surface area (Å²) in [7, 11) is -3.75. The van der Waals surface area contributed by atoms with Crippen LogP contribution in [0.15, 0.2) is 47.4 Å². The van der Waals surface area contributed by atoms with Gasteiger partial charge in [0.25, 0.3) is 5.91 Å². The number of anilines is 2. The molecule has 0 aromatic heterocycles. The third-order valence-electron chi connectivity index (χ3n) is 6.24. The number of carbonyl (C=O) groups excluding carboxylic acids is 3. The number of nitrogens with one attached hydrogen (secondary N) is 1. The summed E-state index contributed by atoms with van der Waals surface area (Å²) < 4.78 is 38.3. The summed E-state index contributed by atoms with van der Waals surface area (Å²) in [4.78, 5) is 38.5. The van der Waals surface area contributed by atoms with Crippen LogP contribution in [0.25, 0.3) is 0 Å². The average Bonchev–Trinajstić information content (AvgIpc) is 2.86. The van der Waals surface area contributed by atoms with Gasteiger partial charge < -0.3 is 14.8 Å². The molecule has 2 aliphatic rings. The predicted molar refractivity (Wildman–Crippen MR) is 132 cm³/mol. The predicted octanol–water partition coefficient (Wildman–Crippen LogP) is 2.65. The topological polar surface area (TPSA) is 122 Å². The molecule has 1 N–H and O–H groups in total. The number of hydrogen-bond acceptors (Lipinski definition) is 7. The molecule has 0 atom stereocenters. The number of ether oxygens (including phenoxy) is 2. The number of fused-ring (bicyclic) bond motifs is 1. The first-order valence-electron chi connectivity index (χ1n) is 11.8. The molecule has 0 bridgehead atoms. The second-order valence-corrected chi connectivity index (χ2v) is 10.8. The minimum atomic E-state index is -3.75. The zero-order chi connectivity index (χ0) is 25.9. The van der Waals surface area contributed by atoms with Crippen molar-refractivity contribution in [3.63, 3.8) is 0 Å². The Morgan fingerprint density at radius 3 is 2.47 bits per heavy atom. The van der Waals surface area contributed by atoms with E-state index in [9.17, 15) is 22.8 Å². The average molecular weight is 516 g/mol. The van der Waals surface area contributed by atoms with E-state index in [4.69, 9.17) is 9.47 Å². The van der Waals surface area contributed by atoms with Crippen molar-refractivity contribution in [3.8, 4) is 5.75 Å². The number of amides is 2. The first kappa shape index (κ1) is 25.6. The molecular formula is C25H29N3O7S. The van der Waals surface area contributed by atoms with Gasteiger partial charge in [-0.2, -0.15) is 4.31 Å². The molecular weight excluding hydrogens is 486 g/mol. The quantitative estimate of drug-likeness (QED) is 0.563. The molecule has 4 rings (SSSR count). The zero-order valence-corrected chi connectivity index (χ0v) is 21.0. The molecule has 1 fully saturated rings. The van der Waals surface area contributed by atoms with Crippen molar-refractivity contribution in [3.05, 3.63) is 48.0 Å². The van der Waals surface area contributed by atoms with E-state index >= 15 is 0 Å². The zero-order valence-electron chi connectivity index (χ0n) is 20.2. The Morgan fingerprint density at radius 2 is 1.81 bits per heavy atom. The summed E-state index contributed by atoms with van der Waals surface area (Å²) in [6, 6.07) is 10.5. The number of benzene rings is 2. The molecule has 2 heterocycles. The van der Waals surface area contributed by atoms with Crippen LogP contribution in [-0.2, 0) is 24.3 Å². The van der Waals surface area contributed by atoms with Crippen LogP contribution in [-0.4, -0.2) is 63.4 Å². The van der Waals surface area contributed by atoms with E-state index in [1.54, 1.807) is 19.1 Å². The SMILES string of the molecule is CCOC(=O)c1ccc(NC(=O)CN2C(=O)COc3ccc(S(=O)(=O)N4CCC(C)CC4)cc32)cc1. The summed E-state index contributed by atoms with van der Waals surface area (Å²) in [6.45, 7) is 4.36. The molecule has 0 radical (unpaired) electrons. The Morgan fingerprint density at radius 1 is 1.11 bits per heavy atom. The van der Waals surface area contributed by atoms with E-state index in [1.165, 1.54) is 39.5 Å². The van der Waals surface area contributed by atoms with Crippen LogP contribution in [0.3, 0.4) is 0 Å². The van der Waals surface area contributed by atoms with Gasteiger partial charge >= 0.3 is 5.97 Å². The second-order valence-electron chi connectivity index (χ2n) is 8.83. The maximum absolute atomic E-state index is 13.2. The van der Waals surface area contributed by atoms with Gasteiger partial charge in [-0.3, -0.25) is 14.5 Å². The molecule has 2 aromatic rings. The van der Waals surface area contributed by atoms with Crippen LogP contribution >= 0.6 is 0 Å². The first-order valence-corrected chi connectivity index (χ1v) is 13.3. The lowest BCUT2D eigenvalue weighted by molar-refractivity contribution is -0.123. The molecule has 0 saturated carbocycles. The van der Waals surface area contributed by atoms with Crippen LogP contribution in [0.2, 0.25) is 0 Å². The fourth-order valence-electron chi connectivity index (χ4n) is 4.14. The van der Waals surface area contributed by atoms with Crippen molar-refractivity contribution < 1.29 is 32.3 Å². The molecule has 11 heteroatoms. The summed E-state index contributed by atoms with van der Waals surface area (Å²) in [6.07, 6.45) is 1.58. The van der Waals surface area contributed by atoms with Gasteiger partial charge in [-0.15, -0.1) is 0 Å². The maximum atomic E-state index is 13.2. The highest BCUT2D eigenvalue weighted by atomic mass is 32.2. The normalized spacial score (nSPS) is 16.7. The smallest absolute Gasteiger partial charge is 0.338 e. The maximum Gasteiger partial charge on any atom is 0.338 e. The molecule has 2 amide bonds. The van der Waals surface area contributed by atoms with E-state index in [-0.39, 0.29) is 30.3 Å². The lowest BCUT2D eigenvalue weighted by Crippen LogP contribution is -2.43. The van der Waals surface area contributed by atoms with Crippen LogP contribution in [0, 0.1) is 5.92 Å². The molecule has 2 aliphatic heterocycles. The fraction of sp³-hybridized carbons (Fsp3) is 0.400. The number of nitrogens with zero attached hydrogens (tertiary/aromatic N) is 2. The van der Waals surface area contributed by atoms with Crippen LogP contribution < -0.4 is 15.0 Å². The number of esters is 1. The Labute approximate surface area is 210 Å². The molecule has 0 unspecified atom stereocenters. The molecule has 0 aliphatic carbocycles. The second kappa shape index (κ2) is 10.7. The Hall–Kier alpha value is -3.44. The van der Waals surface area contributed by atoms with Crippen LogP contribution in [0.1, 0.15) is 37.0 Å². The van der Waals surface area contributed by atoms with Crippen molar-refractivity contribution >= 4 is 39.2 Å². The Balaban J connectivity index is 1.50. The highest BCUT2D eigenvalue weighted by Gasteiger charge is 2.32.